The molecule has 0 unspecified atom stereocenters. The highest BCUT2D eigenvalue weighted by Crippen LogP contribution is 2.09. The molecule has 3 N–H and O–H groups in total. The fraction of sp³-hybridized carbons (Fsp3) is 0.263. The van der Waals surface area contributed by atoms with Crippen molar-refractivity contribution in [2.75, 3.05) is 5.32 Å². The standard InChI is InChI=1S/C19H22N4O4/c1-3-14-6-8-15(9-7-14)21-18(25)19(26)23-22-13(2)11-17(24)20-12-16-5-4-10-27-16/h4-10H,3,11-12H2,1-2H3,(H,20,24)(H,21,25)(H,23,26)/b22-13-. The third-order valence-electron chi connectivity index (χ3n) is 3.63. The Labute approximate surface area is 157 Å². The summed E-state index contributed by atoms with van der Waals surface area (Å²) < 4.78 is 5.11. The summed E-state index contributed by atoms with van der Waals surface area (Å²) in [7, 11) is 0. The van der Waals surface area contributed by atoms with Gasteiger partial charge in [-0.25, -0.2) is 5.43 Å². The molecule has 27 heavy (non-hydrogen) atoms. The zero-order valence-electron chi connectivity index (χ0n) is 15.2. The maximum Gasteiger partial charge on any atom is 0.329 e. The van der Waals surface area contributed by atoms with Crippen molar-refractivity contribution >= 4 is 29.1 Å². The fourth-order valence-electron chi connectivity index (χ4n) is 2.14. The van der Waals surface area contributed by atoms with Crippen molar-refractivity contribution in [3.8, 4) is 0 Å². The number of benzene rings is 1. The molecule has 2 rings (SSSR count). The first-order valence-corrected chi connectivity index (χ1v) is 8.50. The van der Waals surface area contributed by atoms with E-state index in [1.165, 1.54) is 6.26 Å². The monoisotopic (exact) mass is 370 g/mol. The summed E-state index contributed by atoms with van der Waals surface area (Å²) >= 11 is 0. The summed E-state index contributed by atoms with van der Waals surface area (Å²) in [4.78, 5) is 35.4. The van der Waals surface area contributed by atoms with Crippen LogP contribution in [0.2, 0.25) is 0 Å². The summed E-state index contributed by atoms with van der Waals surface area (Å²) in [6, 6.07) is 10.7. The smallest absolute Gasteiger partial charge is 0.329 e. The molecular formula is C19H22N4O4. The molecule has 8 heteroatoms. The molecule has 0 spiro atoms. The molecular weight excluding hydrogens is 348 g/mol. The van der Waals surface area contributed by atoms with E-state index in [1.54, 1.807) is 31.2 Å². The van der Waals surface area contributed by atoms with Crippen molar-refractivity contribution < 1.29 is 18.8 Å². The van der Waals surface area contributed by atoms with Crippen LogP contribution >= 0.6 is 0 Å². The van der Waals surface area contributed by atoms with Crippen LogP contribution in [0.1, 0.15) is 31.6 Å². The average molecular weight is 370 g/mol. The lowest BCUT2D eigenvalue weighted by Crippen LogP contribution is -2.33. The van der Waals surface area contributed by atoms with E-state index >= 15 is 0 Å². The van der Waals surface area contributed by atoms with Crippen molar-refractivity contribution in [1.82, 2.24) is 10.7 Å². The number of aryl methyl sites for hydroxylation is 1. The van der Waals surface area contributed by atoms with Crippen molar-refractivity contribution in [3.05, 3.63) is 54.0 Å². The Bertz CT molecular complexity index is 811. The van der Waals surface area contributed by atoms with Crippen LogP contribution in [0.4, 0.5) is 5.69 Å². The maximum atomic E-state index is 11.9. The molecule has 0 saturated heterocycles. The van der Waals surface area contributed by atoms with E-state index in [-0.39, 0.29) is 18.9 Å². The summed E-state index contributed by atoms with van der Waals surface area (Å²) in [6.45, 7) is 3.87. The normalized spacial score (nSPS) is 11.0. The van der Waals surface area contributed by atoms with E-state index in [4.69, 9.17) is 4.42 Å². The lowest BCUT2D eigenvalue weighted by Gasteiger charge is -2.06. The highest BCUT2D eigenvalue weighted by atomic mass is 16.3. The minimum Gasteiger partial charge on any atom is -0.467 e. The number of carbonyl (C=O) groups excluding carboxylic acids is 3. The molecule has 142 valence electrons. The first kappa shape index (κ1) is 19.9. The zero-order chi connectivity index (χ0) is 19.6. The first-order chi connectivity index (χ1) is 13.0. The van der Waals surface area contributed by atoms with Crippen LogP contribution in [-0.2, 0) is 27.3 Å². The Hall–Kier alpha value is -3.42. The molecule has 8 nitrogen and oxygen atoms in total. The van der Waals surface area contributed by atoms with Crippen LogP contribution < -0.4 is 16.1 Å². The Balaban J connectivity index is 1.76. The lowest BCUT2D eigenvalue weighted by molar-refractivity contribution is -0.136. The second kappa shape index (κ2) is 9.91. The van der Waals surface area contributed by atoms with Crippen LogP contribution in [0.3, 0.4) is 0 Å². The third kappa shape index (κ3) is 6.77. The van der Waals surface area contributed by atoms with Crippen LogP contribution in [0.15, 0.2) is 52.2 Å². The molecule has 0 aliphatic carbocycles. The Morgan fingerprint density at radius 1 is 1.07 bits per heavy atom. The van der Waals surface area contributed by atoms with Gasteiger partial charge in [0.1, 0.15) is 5.76 Å². The highest BCUT2D eigenvalue weighted by molar-refractivity contribution is 6.39. The van der Waals surface area contributed by atoms with Gasteiger partial charge in [-0.3, -0.25) is 14.4 Å². The Morgan fingerprint density at radius 2 is 1.81 bits per heavy atom. The van der Waals surface area contributed by atoms with Gasteiger partial charge < -0.3 is 15.1 Å². The van der Waals surface area contributed by atoms with Gasteiger partial charge in [-0.05, 0) is 43.2 Å². The molecule has 1 aromatic carbocycles. The summed E-state index contributed by atoms with van der Waals surface area (Å²) in [5.74, 6) is -1.39. The molecule has 0 atom stereocenters. The molecule has 0 aliphatic rings. The van der Waals surface area contributed by atoms with E-state index < -0.39 is 11.8 Å². The van der Waals surface area contributed by atoms with Gasteiger partial charge in [0.25, 0.3) is 0 Å². The van der Waals surface area contributed by atoms with Crippen molar-refractivity contribution in [1.29, 1.82) is 0 Å². The summed E-state index contributed by atoms with van der Waals surface area (Å²) in [5, 5.41) is 8.92. The number of hydrazone groups is 1. The SMILES string of the molecule is CCc1ccc(NC(=O)C(=O)N/N=C(/C)CC(=O)NCc2ccco2)cc1. The molecule has 0 aliphatic heterocycles. The van der Waals surface area contributed by atoms with E-state index in [2.05, 4.69) is 21.2 Å². The molecule has 0 radical (unpaired) electrons. The van der Waals surface area contributed by atoms with E-state index in [0.29, 0.717) is 17.2 Å². The Morgan fingerprint density at radius 3 is 2.44 bits per heavy atom. The van der Waals surface area contributed by atoms with Crippen LogP contribution in [-0.4, -0.2) is 23.4 Å². The van der Waals surface area contributed by atoms with Crippen molar-refractivity contribution in [2.24, 2.45) is 5.10 Å². The number of furan rings is 1. The van der Waals surface area contributed by atoms with E-state index in [0.717, 1.165) is 12.0 Å². The molecule has 3 amide bonds. The van der Waals surface area contributed by atoms with Gasteiger partial charge in [0.05, 0.1) is 19.2 Å². The van der Waals surface area contributed by atoms with Gasteiger partial charge in [-0.15, -0.1) is 0 Å². The Kier molecular flexibility index (Phi) is 7.30. The van der Waals surface area contributed by atoms with Crippen LogP contribution in [0.25, 0.3) is 0 Å². The van der Waals surface area contributed by atoms with Crippen molar-refractivity contribution in [3.63, 3.8) is 0 Å². The minimum absolute atomic E-state index is 0.0128. The first-order valence-electron chi connectivity index (χ1n) is 8.50. The number of hydrogen-bond donors (Lipinski definition) is 3. The van der Waals surface area contributed by atoms with Crippen LogP contribution in [0, 0.1) is 0 Å². The molecule has 1 heterocycles. The molecule has 0 fully saturated rings. The fourth-order valence-corrected chi connectivity index (χ4v) is 2.14. The predicted octanol–water partition coefficient (Wildman–Crippen LogP) is 1.98. The lowest BCUT2D eigenvalue weighted by atomic mass is 10.1. The number of nitrogens with zero attached hydrogens (tertiary/aromatic N) is 1. The van der Waals surface area contributed by atoms with Gasteiger partial charge in [0, 0.05) is 11.4 Å². The number of anilines is 1. The second-order valence-corrected chi connectivity index (χ2v) is 5.83. The van der Waals surface area contributed by atoms with Gasteiger partial charge in [0.15, 0.2) is 0 Å². The largest absolute Gasteiger partial charge is 0.467 e. The summed E-state index contributed by atoms with van der Waals surface area (Å²) in [6.07, 6.45) is 2.39. The van der Waals surface area contributed by atoms with E-state index in [1.807, 2.05) is 19.1 Å². The number of hydrogen-bond acceptors (Lipinski definition) is 5. The minimum atomic E-state index is -0.912. The van der Waals surface area contributed by atoms with Gasteiger partial charge >= 0.3 is 11.8 Å². The number of nitrogens with one attached hydrogen (secondary N) is 3. The summed E-state index contributed by atoms with van der Waals surface area (Å²) in [5.41, 5.74) is 4.15. The highest BCUT2D eigenvalue weighted by Gasteiger charge is 2.13. The quantitative estimate of drug-likeness (QED) is 0.393. The average Bonchev–Trinajstić information content (AvgIpc) is 3.18. The van der Waals surface area contributed by atoms with Crippen molar-refractivity contribution in [2.45, 2.75) is 33.2 Å². The molecule has 0 saturated carbocycles. The topological polar surface area (TPSA) is 113 Å². The van der Waals surface area contributed by atoms with Gasteiger partial charge in [-0.1, -0.05) is 19.1 Å². The van der Waals surface area contributed by atoms with Crippen LogP contribution in [0.5, 0.6) is 0 Å². The predicted molar refractivity (Wildman–Crippen MR) is 101 cm³/mol. The number of amides is 3. The number of carbonyl (C=O) groups is 3. The molecule has 2 aromatic rings. The number of rotatable bonds is 7. The second-order valence-electron chi connectivity index (χ2n) is 5.83. The van der Waals surface area contributed by atoms with Gasteiger partial charge in [-0.2, -0.15) is 5.10 Å². The maximum absolute atomic E-state index is 11.9. The molecule has 0 bridgehead atoms. The zero-order valence-corrected chi connectivity index (χ0v) is 15.2. The third-order valence-corrected chi connectivity index (χ3v) is 3.63. The van der Waals surface area contributed by atoms with Gasteiger partial charge in [0.2, 0.25) is 5.91 Å². The van der Waals surface area contributed by atoms with E-state index in [9.17, 15) is 14.4 Å². The molecule has 1 aromatic heterocycles.